The summed E-state index contributed by atoms with van der Waals surface area (Å²) in [5.74, 6) is 1.30. The number of aromatic nitrogens is 4. The van der Waals surface area contributed by atoms with Crippen molar-refractivity contribution < 1.29 is 4.79 Å². The summed E-state index contributed by atoms with van der Waals surface area (Å²) < 4.78 is 4.27. The Balaban J connectivity index is 1.61. The molecule has 0 N–H and O–H groups in total. The average molecular weight is 405 g/mol. The highest BCUT2D eigenvalue weighted by Crippen LogP contribution is 2.29. The summed E-state index contributed by atoms with van der Waals surface area (Å²) in [5.41, 5.74) is 3.99. The Bertz CT molecular complexity index is 1160. The number of hydrogen-bond acceptors (Lipinski definition) is 4. The number of carbonyl (C=O) groups excluding carboxylic acids is 1. The largest absolute Gasteiger partial charge is 0.344 e. The van der Waals surface area contributed by atoms with Gasteiger partial charge in [0.2, 0.25) is 0 Å². The molecule has 0 aliphatic carbocycles. The predicted molar refractivity (Wildman–Crippen MR) is 119 cm³/mol. The highest BCUT2D eigenvalue weighted by Gasteiger charge is 2.21. The molecule has 0 saturated carbocycles. The van der Waals surface area contributed by atoms with Gasteiger partial charge in [0.15, 0.2) is 16.8 Å². The molecule has 2 heterocycles. The smallest absolute Gasteiger partial charge is 0.191 e. The predicted octanol–water partition coefficient (Wildman–Crippen LogP) is 5.22. The number of hydrogen-bond donors (Lipinski definition) is 0. The van der Waals surface area contributed by atoms with Gasteiger partial charge in [0.25, 0.3) is 0 Å². The van der Waals surface area contributed by atoms with E-state index in [0.29, 0.717) is 5.75 Å². The van der Waals surface area contributed by atoms with Gasteiger partial charge in [0, 0.05) is 40.8 Å². The fraction of sp³-hybridized carbons (Fsp3) is 0.261. The molecule has 0 saturated heterocycles. The van der Waals surface area contributed by atoms with Crippen molar-refractivity contribution in [3.63, 3.8) is 0 Å². The van der Waals surface area contributed by atoms with Gasteiger partial charge in [-0.3, -0.25) is 4.79 Å². The van der Waals surface area contributed by atoms with Crippen molar-refractivity contribution in [2.45, 2.75) is 39.0 Å². The van der Waals surface area contributed by atoms with Gasteiger partial charge >= 0.3 is 0 Å². The van der Waals surface area contributed by atoms with E-state index in [9.17, 15) is 4.79 Å². The van der Waals surface area contributed by atoms with Crippen molar-refractivity contribution in [3.8, 4) is 11.4 Å². The van der Waals surface area contributed by atoms with Crippen molar-refractivity contribution in [1.82, 2.24) is 19.3 Å². The van der Waals surface area contributed by atoms with Crippen LogP contribution in [0.1, 0.15) is 29.9 Å². The zero-order chi connectivity index (χ0) is 20.4. The number of Topliss-reactive ketones (excluding diaryl/α,β-unsaturated/α-hetero) is 1. The molecule has 0 aliphatic heterocycles. The van der Waals surface area contributed by atoms with Crippen LogP contribution in [0.3, 0.4) is 0 Å². The lowest BCUT2D eigenvalue weighted by Gasteiger charge is -2.07. The highest BCUT2D eigenvalue weighted by molar-refractivity contribution is 7.99. The van der Waals surface area contributed by atoms with Crippen LogP contribution in [0.15, 0.2) is 59.8 Å². The molecule has 0 fully saturated rings. The number of aryl methyl sites for hydroxylation is 1. The van der Waals surface area contributed by atoms with Gasteiger partial charge in [-0.2, -0.15) is 0 Å². The van der Waals surface area contributed by atoms with Crippen LogP contribution in [0.5, 0.6) is 0 Å². The molecule has 29 heavy (non-hydrogen) atoms. The van der Waals surface area contributed by atoms with E-state index in [4.69, 9.17) is 0 Å². The fourth-order valence-electron chi connectivity index (χ4n) is 3.87. The Labute approximate surface area is 174 Å². The van der Waals surface area contributed by atoms with E-state index in [2.05, 4.69) is 39.2 Å². The van der Waals surface area contributed by atoms with E-state index in [0.717, 1.165) is 51.8 Å². The first-order valence-corrected chi connectivity index (χ1v) is 10.9. The van der Waals surface area contributed by atoms with Crippen LogP contribution in [-0.2, 0) is 13.1 Å². The molecular weight excluding hydrogens is 380 g/mol. The highest BCUT2D eigenvalue weighted by atomic mass is 32.2. The van der Waals surface area contributed by atoms with E-state index in [-0.39, 0.29) is 5.78 Å². The third-order valence-corrected chi connectivity index (χ3v) is 6.19. The third-order valence-electron chi connectivity index (χ3n) is 5.22. The van der Waals surface area contributed by atoms with Crippen molar-refractivity contribution in [2.75, 3.05) is 5.75 Å². The number of fused-ring (bicyclic) bond motifs is 1. The number of benzene rings is 2. The monoisotopic (exact) mass is 404 g/mol. The fourth-order valence-corrected chi connectivity index (χ4v) is 4.75. The lowest BCUT2D eigenvalue weighted by atomic mass is 10.1. The van der Waals surface area contributed by atoms with Crippen LogP contribution in [0.25, 0.3) is 22.3 Å². The summed E-state index contributed by atoms with van der Waals surface area (Å²) in [6, 6.07) is 18.2. The molecule has 0 radical (unpaired) electrons. The third kappa shape index (κ3) is 3.49. The summed E-state index contributed by atoms with van der Waals surface area (Å²) in [4.78, 5) is 13.2. The molecule has 2 aromatic heterocycles. The zero-order valence-corrected chi connectivity index (χ0v) is 17.7. The van der Waals surface area contributed by atoms with E-state index in [1.807, 2.05) is 55.5 Å². The first kappa shape index (κ1) is 19.5. The average Bonchev–Trinajstić information content (AvgIpc) is 3.30. The van der Waals surface area contributed by atoms with Crippen LogP contribution >= 0.6 is 11.8 Å². The normalized spacial score (nSPS) is 11.3. The SMILES string of the molecule is CCn1c(SCC(=O)c2c(C)n(CC)c3ccccc23)nnc1-c1ccccc1. The minimum Gasteiger partial charge on any atom is -0.344 e. The van der Waals surface area contributed by atoms with Crippen molar-refractivity contribution in [1.29, 1.82) is 0 Å². The number of nitrogens with zero attached hydrogens (tertiary/aromatic N) is 4. The maximum atomic E-state index is 13.2. The van der Waals surface area contributed by atoms with Crippen LogP contribution in [0, 0.1) is 6.92 Å². The van der Waals surface area contributed by atoms with E-state index < -0.39 is 0 Å². The van der Waals surface area contributed by atoms with E-state index in [1.165, 1.54) is 11.8 Å². The first-order chi connectivity index (χ1) is 14.2. The zero-order valence-electron chi connectivity index (χ0n) is 16.9. The van der Waals surface area contributed by atoms with E-state index >= 15 is 0 Å². The molecule has 0 amide bonds. The Hall–Kier alpha value is -2.86. The molecule has 4 aromatic rings. The van der Waals surface area contributed by atoms with Crippen LogP contribution in [0.2, 0.25) is 0 Å². The number of ketones is 1. The topological polar surface area (TPSA) is 52.7 Å². The minimum absolute atomic E-state index is 0.128. The maximum absolute atomic E-state index is 13.2. The number of rotatable bonds is 7. The van der Waals surface area contributed by atoms with Gasteiger partial charge in [-0.05, 0) is 26.8 Å². The second-order valence-electron chi connectivity index (χ2n) is 6.85. The molecular formula is C23H24N4OS. The molecule has 0 unspecified atom stereocenters. The molecule has 6 heteroatoms. The quantitative estimate of drug-likeness (QED) is 0.313. The van der Waals surface area contributed by atoms with Crippen molar-refractivity contribution in [2.24, 2.45) is 0 Å². The molecule has 5 nitrogen and oxygen atoms in total. The van der Waals surface area contributed by atoms with Gasteiger partial charge < -0.3 is 9.13 Å². The molecule has 2 aromatic carbocycles. The molecule has 148 valence electrons. The summed E-state index contributed by atoms with van der Waals surface area (Å²) >= 11 is 1.45. The number of thioether (sulfide) groups is 1. The summed E-state index contributed by atoms with van der Waals surface area (Å²) in [5, 5.41) is 10.5. The Morgan fingerprint density at radius 1 is 0.931 bits per heavy atom. The number of carbonyl (C=O) groups is 1. The minimum atomic E-state index is 0.128. The van der Waals surface area contributed by atoms with Crippen molar-refractivity contribution in [3.05, 3.63) is 65.9 Å². The standard InChI is InChI=1S/C23H24N4OS/c1-4-26-16(3)21(18-13-9-10-14-19(18)26)20(28)15-29-23-25-24-22(27(23)5-2)17-11-7-6-8-12-17/h6-14H,4-5,15H2,1-3H3. The Morgan fingerprint density at radius 2 is 1.62 bits per heavy atom. The van der Waals surface area contributed by atoms with E-state index in [1.54, 1.807) is 0 Å². The molecule has 0 atom stereocenters. The Morgan fingerprint density at radius 3 is 2.34 bits per heavy atom. The van der Waals surface area contributed by atoms with Gasteiger partial charge in [-0.25, -0.2) is 0 Å². The Kier molecular flexibility index (Phi) is 5.53. The van der Waals surface area contributed by atoms with Gasteiger partial charge in [-0.1, -0.05) is 60.3 Å². The molecule has 0 aliphatic rings. The molecule has 4 rings (SSSR count). The second kappa shape index (κ2) is 8.25. The maximum Gasteiger partial charge on any atom is 0.191 e. The molecule has 0 bridgehead atoms. The van der Waals surface area contributed by atoms with Crippen molar-refractivity contribution >= 4 is 28.4 Å². The molecule has 0 spiro atoms. The first-order valence-electron chi connectivity index (χ1n) is 9.88. The van der Waals surface area contributed by atoms with Gasteiger partial charge in [0.1, 0.15) is 0 Å². The lowest BCUT2D eigenvalue weighted by molar-refractivity contribution is 0.102. The summed E-state index contributed by atoms with van der Waals surface area (Å²) in [7, 11) is 0. The van der Waals surface area contributed by atoms with Crippen LogP contribution in [-0.4, -0.2) is 30.9 Å². The second-order valence-corrected chi connectivity index (χ2v) is 7.79. The number of para-hydroxylation sites is 1. The lowest BCUT2D eigenvalue weighted by Crippen LogP contribution is -2.07. The summed E-state index contributed by atoms with van der Waals surface area (Å²) in [6.45, 7) is 7.81. The van der Waals surface area contributed by atoms with Gasteiger partial charge in [0.05, 0.1) is 5.75 Å². The summed E-state index contributed by atoms with van der Waals surface area (Å²) in [6.07, 6.45) is 0. The van der Waals surface area contributed by atoms with Crippen LogP contribution in [0.4, 0.5) is 0 Å². The van der Waals surface area contributed by atoms with Gasteiger partial charge in [-0.15, -0.1) is 10.2 Å². The van der Waals surface area contributed by atoms with Crippen LogP contribution < -0.4 is 0 Å².